The fourth-order valence-corrected chi connectivity index (χ4v) is 5.13. The van der Waals surface area contributed by atoms with Gasteiger partial charge < -0.3 is 20.1 Å². The van der Waals surface area contributed by atoms with Crippen molar-refractivity contribution in [1.82, 2.24) is 4.90 Å². The maximum atomic E-state index is 11.4. The van der Waals surface area contributed by atoms with Gasteiger partial charge >= 0.3 is 0 Å². The van der Waals surface area contributed by atoms with E-state index >= 15 is 0 Å². The zero-order chi connectivity index (χ0) is 19.6. The van der Waals surface area contributed by atoms with Gasteiger partial charge in [-0.2, -0.15) is 0 Å². The summed E-state index contributed by atoms with van der Waals surface area (Å²) >= 11 is 0. The molecule has 3 N–H and O–H groups in total. The van der Waals surface area contributed by atoms with Crippen LogP contribution in [0.1, 0.15) is 51.9 Å². The molecule has 2 aliphatic carbocycles. The van der Waals surface area contributed by atoms with Crippen LogP contribution in [0.2, 0.25) is 0 Å². The highest BCUT2D eigenvalue weighted by molar-refractivity contribution is 5.41. The average Bonchev–Trinajstić information content (AvgIpc) is 2.63. The summed E-state index contributed by atoms with van der Waals surface area (Å²) in [7, 11) is 1.53. The van der Waals surface area contributed by atoms with E-state index in [9.17, 15) is 15.3 Å². The smallest absolute Gasteiger partial charge is 0.163 e. The van der Waals surface area contributed by atoms with E-state index in [0.717, 1.165) is 37.4 Å². The summed E-state index contributed by atoms with van der Waals surface area (Å²) in [4.78, 5) is 2.45. The largest absolute Gasteiger partial charge is 0.504 e. The molecule has 0 aromatic rings. The van der Waals surface area contributed by atoms with Crippen molar-refractivity contribution in [3.8, 4) is 0 Å². The number of allylic oxidation sites excluding steroid dienone is 2. The normalized spacial score (nSPS) is 33.6. The molecule has 3 aliphatic rings. The maximum Gasteiger partial charge on any atom is 0.163 e. The molecule has 4 atom stereocenters. The molecule has 0 spiro atoms. The number of ether oxygens (including phenoxy) is 1. The number of methoxy groups -OCH3 is 1. The van der Waals surface area contributed by atoms with Gasteiger partial charge in [0.2, 0.25) is 0 Å². The first-order valence-electron chi connectivity index (χ1n) is 10.4. The summed E-state index contributed by atoms with van der Waals surface area (Å²) in [5.41, 5.74) is 0.221. The monoisotopic (exact) mass is 377 g/mol. The zero-order valence-electron chi connectivity index (χ0n) is 16.7. The summed E-state index contributed by atoms with van der Waals surface area (Å²) in [6.07, 6.45) is 8.89. The van der Waals surface area contributed by atoms with Crippen molar-refractivity contribution >= 4 is 0 Å². The van der Waals surface area contributed by atoms with E-state index in [-0.39, 0.29) is 11.8 Å². The molecule has 1 aliphatic heterocycles. The summed E-state index contributed by atoms with van der Waals surface area (Å²) < 4.78 is 5.52. The lowest BCUT2D eigenvalue weighted by molar-refractivity contribution is -0.0996. The molecule has 0 aromatic heterocycles. The predicted octanol–water partition coefficient (Wildman–Crippen LogP) is 3.30. The number of hydrogen-bond acceptors (Lipinski definition) is 5. The summed E-state index contributed by atoms with van der Waals surface area (Å²) in [6, 6.07) is 0.0659. The molecular formula is C22H35NO4. The fraction of sp³-hybridized carbons (Fsp3) is 0.727. The van der Waals surface area contributed by atoms with Gasteiger partial charge in [-0.05, 0) is 57.1 Å². The Morgan fingerprint density at radius 1 is 1.48 bits per heavy atom. The Bertz CT molecular complexity index is 609. The molecule has 0 amide bonds. The first-order valence-corrected chi connectivity index (χ1v) is 10.4. The molecule has 1 saturated carbocycles. The molecule has 152 valence electrons. The van der Waals surface area contributed by atoms with Crippen LogP contribution in [0.4, 0.5) is 0 Å². The predicted molar refractivity (Wildman–Crippen MR) is 106 cm³/mol. The van der Waals surface area contributed by atoms with Gasteiger partial charge in [0.25, 0.3) is 0 Å². The molecule has 1 saturated heterocycles. The van der Waals surface area contributed by atoms with Gasteiger partial charge in [-0.3, -0.25) is 4.90 Å². The van der Waals surface area contributed by atoms with Crippen molar-refractivity contribution in [2.75, 3.05) is 20.2 Å². The van der Waals surface area contributed by atoms with Crippen molar-refractivity contribution in [2.45, 2.75) is 70.1 Å². The number of aliphatic hydroxyl groups excluding tert-OH is 3. The third kappa shape index (κ3) is 3.69. The number of hydrogen-bond donors (Lipinski definition) is 3. The standard InChI is InChI=1S/C22H35NO4/c1-4-16(24)13-22-11-12-23(14-15-7-6-8-15)18(21(22)26)10-9-17(22)20(27-3)19(25)5-2/h5,9,15-16,18,21,24-26H,2,4,6-8,10-14H2,1,3H3/b20-19-/t16-,18?,21+,22+/m0/s1. The first kappa shape index (κ1) is 20.4. The van der Waals surface area contributed by atoms with Gasteiger partial charge in [0, 0.05) is 23.6 Å². The molecule has 1 heterocycles. The maximum absolute atomic E-state index is 11.4. The number of likely N-dealkylation sites (tertiary alicyclic amines) is 1. The quantitative estimate of drug-likeness (QED) is 0.447. The lowest BCUT2D eigenvalue weighted by Crippen LogP contribution is -2.61. The van der Waals surface area contributed by atoms with E-state index in [1.165, 1.54) is 32.4 Å². The Kier molecular flexibility index (Phi) is 6.34. The summed E-state index contributed by atoms with van der Waals surface area (Å²) in [6.45, 7) is 7.56. The van der Waals surface area contributed by atoms with Gasteiger partial charge in [0.05, 0.1) is 19.3 Å². The third-order valence-corrected chi connectivity index (χ3v) is 7.01. The molecule has 27 heavy (non-hydrogen) atoms. The Hall–Kier alpha value is -1.30. The van der Waals surface area contributed by atoms with Gasteiger partial charge in [-0.25, -0.2) is 0 Å². The Balaban J connectivity index is 1.96. The van der Waals surface area contributed by atoms with Gasteiger partial charge in [-0.1, -0.05) is 26.0 Å². The molecule has 3 rings (SSSR count). The van der Waals surface area contributed by atoms with Crippen molar-refractivity contribution in [3.63, 3.8) is 0 Å². The van der Waals surface area contributed by atoms with E-state index in [1.807, 2.05) is 6.92 Å². The van der Waals surface area contributed by atoms with Crippen LogP contribution in [0.5, 0.6) is 0 Å². The minimum atomic E-state index is -0.600. The molecule has 1 unspecified atom stereocenters. The van der Waals surface area contributed by atoms with Crippen LogP contribution in [0.15, 0.2) is 35.8 Å². The Morgan fingerprint density at radius 3 is 2.78 bits per heavy atom. The van der Waals surface area contributed by atoms with Gasteiger partial charge in [0.15, 0.2) is 11.5 Å². The minimum Gasteiger partial charge on any atom is -0.504 e. The number of nitrogens with zero attached hydrogens (tertiary/aromatic N) is 1. The van der Waals surface area contributed by atoms with E-state index in [4.69, 9.17) is 4.74 Å². The number of piperidine rings is 1. The van der Waals surface area contributed by atoms with Gasteiger partial charge in [-0.15, -0.1) is 0 Å². The first-order chi connectivity index (χ1) is 13.0. The lowest BCUT2D eigenvalue weighted by atomic mass is 9.60. The second kappa shape index (κ2) is 8.38. The number of fused-ring (bicyclic) bond motifs is 2. The molecule has 0 radical (unpaired) electrons. The summed E-state index contributed by atoms with van der Waals surface area (Å²) in [5, 5.41) is 32.2. The van der Waals surface area contributed by atoms with Crippen LogP contribution < -0.4 is 0 Å². The number of aliphatic hydroxyl groups is 3. The van der Waals surface area contributed by atoms with E-state index in [1.54, 1.807) is 0 Å². The van der Waals surface area contributed by atoms with Crippen LogP contribution in [-0.4, -0.2) is 58.7 Å². The molecule has 2 fully saturated rings. The Labute approximate surface area is 163 Å². The highest BCUT2D eigenvalue weighted by atomic mass is 16.5. The highest BCUT2D eigenvalue weighted by Gasteiger charge is 2.54. The third-order valence-electron chi connectivity index (χ3n) is 7.01. The second-order valence-electron chi connectivity index (χ2n) is 8.45. The number of rotatable bonds is 8. The summed E-state index contributed by atoms with van der Waals surface area (Å²) in [5.74, 6) is 1.12. The Morgan fingerprint density at radius 2 is 2.22 bits per heavy atom. The molecule has 5 nitrogen and oxygen atoms in total. The lowest BCUT2D eigenvalue weighted by Gasteiger charge is -2.55. The van der Waals surface area contributed by atoms with Crippen LogP contribution in [-0.2, 0) is 4.74 Å². The van der Waals surface area contributed by atoms with Crippen LogP contribution >= 0.6 is 0 Å². The molecular weight excluding hydrogens is 342 g/mol. The van der Waals surface area contributed by atoms with E-state index in [0.29, 0.717) is 18.6 Å². The average molecular weight is 378 g/mol. The van der Waals surface area contributed by atoms with Crippen molar-refractivity contribution in [1.29, 1.82) is 0 Å². The van der Waals surface area contributed by atoms with E-state index in [2.05, 4.69) is 17.6 Å². The van der Waals surface area contributed by atoms with Crippen LogP contribution in [0.25, 0.3) is 0 Å². The second-order valence-corrected chi connectivity index (χ2v) is 8.45. The topological polar surface area (TPSA) is 73.2 Å². The van der Waals surface area contributed by atoms with Crippen molar-refractivity contribution < 1.29 is 20.1 Å². The molecule has 2 bridgehead atoms. The molecule has 0 aromatic carbocycles. The van der Waals surface area contributed by atoms with E-state index < -0.39 is 17.6 Å². The minimum absolute atomic E-state index is 0.0170. The van der Waals surface area contributed by atoms with Gasteiger partial charge in [0.1, 0.15) is 0 Å². The van der Waals surface area contributed by atoms with Crippen molar-refractivity contribution in [2.24, 2.45) is 11.3 Å². The highest BCUT2D eigenvalue weighted by Crippen LogP contribution is 2.52. The van der Waals surface area contributed by atoms with Crippen molar-refractivity contribution in [3.05, 3.63) is 35.8 Å². The zero-order valence-corrected chi connectivity index (χ0v) is 16.7. The van der Waals surface area contributed by atoms with Crippen LogP contribution in [0.3, 0.4) is 0 Å². The SMILES string of the molecule is C=C/C(O)=C(/OC)C1=CCC2[C@@H](O)[C@@]1(C[C@@H](O)CC)CCN2CC1CCC1. The fourth-order valence-electron chi connectivity index (χ4n) is 5.13. The molecule has 5 heteroatoms. The van der Waals surface area contributed by atoms with Crippen LogP contribution in [0, 0.1) is 11.3 Å².